The fourth-order valence-electron chi connectivity index (χ4n) is 1.87. The summed E-state index contributed by atoms with van der Waals surface area (Å²) < 4.78 is 0. The molecule has 1 heterocycles. The van der Waals surface area contributed by atoms with Gasteiger partial charge in [0, 0.05) is 26.0 Å². The molecule has 76 valence electrons. The average molecular weight is 182 g/mol. The van der Waals surface area contributed by atoms with Crippen LogP contribution in [0.1, 0.15) is 33.1 Å². The Morgan fingerprint density at radius 1 is 1.31 bits per heavy atom. The molecule has 1 rings (SSSR count). The van der Waals surface area contributed by atoms with Crippen LogP contribution in [0, 0.1) is 5.92 Å². The summed E-state index contributed by atoms with van der Waals surface area (Å²) >= 11 is 0. The third-order valence-corrected chi connectivity index (χ3v) is 2.70. The Bertz CT molecular complexity index is 165. The van der Waals surface area contributed by atoms with Gasteiger partial charge in [-0.05, 0) is 12.3 Å². The zero-order chi connectivity index (χ0) is 9.68. The topological polar surface area (TPSA) is 6.48 Å². The molecule has 0 saturated heterocycles. The van der Waals surface area contributed by atoms with E-state index in [0.29, 0.717) is 0 Å². The van der Waals surface area contributed by atoms with Crippen LogP contribution in [0.5, 0.6) is 0 Å². The van der Waals surface area contributed by atoms with Crippen molar-refractivity contribution in [3.05, 3.63) is 12.4 Å². The normalized spacial score (nSPS) is 18.4. The first-order valence-corrected chi connectivity index (χ1v) is 5.38. The van der Waals surface area contributed by atoms with Gasteiger partial charge >= 0.3 is 0 Å². The summed E-state index contributed by atoms with van der Waals surface area (Å²) in [6.45, 7) is 6.86. The maximum Gasteiger partial charge on any atom is 0.0890 e. The lowest BCUT2D eigenvalue weighted by Crippen LogP contribution is -2.27. The number of rotatable bonds is 5. The van der Waals surface area contributed by atoms with E-state index in [4.69, 9.17) is 0 Å². The predicted octanol–water partition coefficient (Wildman–Crippen LogP) is 2.49. The molecule has 0 fully saturated rings. The molecule has 2 nitrogen and oxygen atoms in total. The summed E-state index contributed by atoms with van der Waals surface area (Å²) in [7, 11) is 2.12. The van der Waals surface area contributed by atoms with Crippen LogP contribution in [0.4, 0.5) is 0 Å². The minimum absolute atomic E-state index is 0.876. The first kappa shape index (κ1) is 10.4. The fraction of sp³-hybridized carbons (Fsp3) is 0.818. The van der Waals surface area contributed by atoms with Crippen LogP contribution in [0.25, 0.3) is 0 Å². The zero-order valence-electron chi connectivity index (χ0n) is 9.16. The maximum atomic E-state index is 2.41. The summed E-state index contributed by atoms with van der Waals surface area (Å²) in [6, 6.07) is 0. The molecule has 1 unspecified atom stereocenters. The largest absolute Gasteiger partial charge is 0.362 e. The van der Waals surface area contributed by atoms with E-state index in [9.17, 15) is 0 Å². The van der Waals surface area contributed by atoms with E-state index in [1.807, 2.05) is 0 Å². The standard InChI is InChI=1S/C11H22N2/c1-4-6-11(5-2)9-13-8-7-12(3)10-13/h7-8,11H,4-6,9-10H2,1-3H3. The second-order valence-electron chi connectivity index (χ2n) is 4.03. The molecule has 0 amide bonds. The van der Waals surface area contributed by atoms with Crippen LogP contribution in [0.15, 0.2) is 12.4 Å². The van der Waals surface area contributed by atoms with E-state index >= 15 is 0 Å². The van der Waals surface area contributed by atoms with Crippen LogP contribution in [-0.2, 0) is 0 Å². The Labute approximate surface area is 82.2 Å². The Morgan fingerprint density at radius 3 is 2.54 bits per heavy atom. The molecule has 13 heavy (non-hydrogen) atoms. The van der Waals surface area contributed by atoms with Gasteiger partial charge in [-0.15, -0.1) is 0 Å². The van der Waals surface area contributed by atoms with E-state index in [0.717, 1.165) is 12.6 Å². The molecule has 0 spiro atoms. The molecular formula is C11H22N2. The van der Waals surface area contributed by atoms with Gasteiger partial charge in [0.1, 0.15) is 0 Å². The van der Waals surface area contributed by atoms with Crippen LogP contribution in [-0.4, -0.2) is 30.1 Å². The van der Waals surface area contributed by atoms with Crippen LogP contribution >= 0.6 is 0 Å². The summed E-state index contributed by atoms with van der Waals surface area (Å²) in [6.07, 6.45) is 8.34. The van der Waals surface area contributed by atoms with Gasteiger partial charge in [-0.3, -0.25) is 0 Å². The molecule has 0 radical (unpaired) electrons. The summed E-state index contributed by atoms with van der Waals surface area (Å²) in [5.41, 5.74) is 0. The molecule has 0 N–H and O–H groups in total. The third-order valence-electron chi connectivity index (χ3n) is 2.70. The van der Waals surface area contributed by atoms with Crippen LogP contribution in [0.2, 0.25) is 0 Å². The van der Waals surface area contributed by atoms with Crippen molar-refractivity contribution in [1.29, 1.82) is 0 Å². The number of nitrogens with zero attached hydrogens (tertiary/aromatic N) is 2. The molecule has 1 atom stereocenters. The van der Waals surface area contributed by atoms with Gasteiger partial charge in [0.2, 0.25) is 0 Å². The molecule has 0 aromatic rings. The van der Waals surface area contributed by atoms with Gasteiger partial charge in [0.25, 0.3) is 0 Å². The first-order valence-electron chi connectivity index (χ1n) is 5.38. The second-order valence-corrected chi connectivity index (χ2v) is 4.03. The SMILES string of the molecule is CCCC(CC)CN1C=CN(C)C1. The Balaban J connectivity index is 2.26. The quantitative estimate of drug-likeness (QED) is 0.644. The van der Waals surface area contributed by atoms with Gasteiger partial charge < -0.3 is 9.80 Å². The molecular weight excluding hydrogens is 160 g/mol. The Hall–Kier alpha value is -0.660. The highest BCUT2D eigenvalue weighted by molar-refractivity contribution is 4.89. The first-order chi connectivity index (χ1) is 6.26. The lowest BCUT2D eigenvalue weighted by atomic mass is 10.0. The molecule has 1 aliphatic rings. The summed E-state index contributed by atoms with van der Waals surface area (Å²) in [5, 5.41) is 0. The van der Waals surface area contributed by atoms with E-state index in [1.54, 1.807) is 0 Å². The minimum Gasteiger partial charge on any atom is -0.362 e. The average Bonchev–Trinajstić information content (AvgIpc) is 2.50. The van der Waals surface area contributed by atoms with Crippen molar-refractivity contribution in [2.45, 2.75) is 33.1 Å². The van der Waals surface area contributed by atoms with Gasteiger partial charge in [-0.1, -0.05) is 26.7 Å². The molecule has 0 aromatic carbocycles. The van der Waals surface area contributed by atoms with E-state index in [-0.39, 0.29) is 0 Å². The summed E-state index contributed by atoms with van der Waals surface area (Å²) in [5.74, 6) is 0.876. The molecule has 0 aromatic heterocycles. The Morgan fingerprint density at radius 2 is 2.08 bits per heavy atom. The lowest BCUT2D eigenvalue weighted by Gasteiger charge is -2.23. The second kappa shape index (κ2) is 5.15. The van der Waals surface area contributed by atoms with Crippen molar-refractivity contribution < 1.29 is 0 Å². The van der Waals surface area contributed by atoms with Crippen molar-refractivity contribution in [3.63, 3.8) is 0 Å². The van der Waals surface area contributed by atoms with Gasteiger partial charge in [-0.2, -0.15) is 0 Å². The van der Waals surface area contributed by atoms with E-state index in [2.05, 4.69) is 43.1 Å². The molecule has 0 saturated carbocycles. The fourth-order valence-corrected chi connectivity index (χ4v) is 1.87. The number of hydrogen-bond acceptors (Lipinski definition) is 2. The predicted molar refractivity (Wildman–Crippen MR) is 57.2 cm³/mol. The Kier molecular flexibility index (Phi) is 4.13. The highest BCUT2D eigenvalue weighted by Crippen LogP contribution is 2.15. The molecule has 2 heteroatoms. The van der Waals surface area contributed by atoms with Crippen LogP contribution in [0.3, 0.4) is 0 Å². The highest BCUT2D eigenvalue weighted by Gasteiger charge is 2.13. The lowest BCUT2D eigenvalue weighted by molar-refractivity contribution is 0.247. The van der Waals surface area contributed by atoms with Gasteiger partial charge in [0.05, 0.1) is 6.67 Å². The van der Waals surface area contributed by atoms with Gasteiger partial charge in [-0.25, -0.2) is 0 Å². The molecule has 1 aliphatic heterocycles. The molecule has 0 aliphatic carbocycles. The maximum absolute atomic E-state index is 2.41. The van der Waals surface area contributed by atoms with Crippen molar-refractivity contribution in [3.8, 4) is 0 Å². The zero-order valence-corrected chi connectivity index (χ0v) is 9.16. The van der Waals surface area contributed by atoms with E-state index < -0.39 is 0 Å². The van der Waals surface area contributed by atoms with Crippen molar-refractivity contribution >= 4 is 0 Å². The minimum atomic E-state index is 0.876. The number of hydrogen-bond donors (Lipinski definition) is 0. The van der Waals surface area contributed by atoms with Crippen molar-refractivity contribution in [2.24, 2.45) is 5.92 Å². The van der Waals surface area contributed by atoms with Crippen molar-refractivity contribution in [1.82, 2.24) is 9.80 Å². The van der Waals surface area contributed by atoms with Gasteiger partial charge in [0.15, 0.2) is 0 Å². The van der Waals surface area contributed by atoms with E-state index in [1.165, 1.54) is 25.8 Å². The monoisotopic (exact) mass is 182 g/mol. The smallest absolute Gasteiger partial charge is 0.0890 e. The third kappa shape index (κ3) is 3.29. The highest BCUT2D eigenvalue weighted by atomic mass is 15.3. The molecule has 0 bridgehead atoms. The van der Waals surface area contributed by atoms with Crippen LogP contribution < -0.4 is 0 Å². The summed E-state index contributed by atoms with van der Waals surface area (Å²) in [4.78, 5) is 4.63. The van der Waals surface area contributed by atoms with Crippen molar-refractivity contribution in [2.75, 3.05) is 20.3 Å².